The lowest BCUT2D eigenvalue weighted by molar-refractivity contribution is 0.0194. The van der Waals surface area contributed by atoms with Gasteiger partial charge in [0.15, 0.2) is 5.96 Å². The van der Waals surface area contributed by atoms with Gasteiger partial charge in [0.1, 0.15) is 0 Å². The smallest absolute Gasteiger partial charge is 0.193 e. The van der Waals surface area contributed by atoms with Crippen molar-refractivity contribution in [3.63, 3.8) is 0 Å². The molecule has 1 aromatic carbocycles. The Bertz CT molecular complexity index is 625. The van der Waals surface area contributed by atoms with Crippen LogP contribution >= 0.6 is 0 Å². The lowest BCUT2D eigenvalue weighted by Crippen LogP contribution is -2.47. The number of rotatable bonds is 5. The number of benzene rings is 1. The van der Waals surface area contributed by atoms with Crippen LogP contribution in [0.25, 0.3) is 0 Å². The van der Waals surface area contributed by atoms with E-state index in [4.69, 9.17) is 4.74 Å². The van der Waals surface area contributed by atoms with E-state index in [1.54, 1.807) is 0 Å². The number of nitrogens with zero attached hydrogens (tertiary/aromatic N) is 4. The summed E-state index contributed by atoms with van der Waals surface area (Å²) in [6, 6.07) is 12.0. The Balaban J connectivity index is 1.36. The van der Waals surface area contributed by atoms with Crippen molar-refractivity contribution in [2.45, 2.75) is 31.3 Å². The maximum atomic E-state index is 5.51. The summed E-state index contributed by atoms with van der Waals surface area (Å²) in [6.07, 6.45) is 3.84. The number of aliphatic imine (C=N–C) groups is 1. The maximum absolute atomic E-state index is 5.51. The fourth-order valence-corrected chi connectivity index (χ4v) is 4.88. The summed E-state index contributed by atoms with van der Waals surface area (Å²) in [4.78, 5) is 12.3. The second kappa shape index (κ2) is 9.72. The maximum Gasteiger partial charge on any atom is 0.193 e. The molecule has 154 valence electrons. The third-order valence-electron chi connectivity index (χ3n) is 6.46. The summed E-state index contributed by atoms with van der Waals surface area (Å²) in [5, 5.41) is 3.70. The molecule has 6 nitrogen and oxygen atoms in total. The van der Waals surface area contributed by atoms with Crippen LogP contribution < -0.4 is 5.32 Å². The van der Waals surface area contributed by atoms with Gasteiger partial charge >= 0.3 is 0 Å². The lowest BCUT2D eigenvalue weighted by Gasteiger charge is -2.33. The van der Waals surface area contributed by atoms with Crippen molar-refractivity contribution in [3.8, 4) is 0 Å². The quantitative estimate of drug-likeness (QED) is 0.619. The van der Waals surface area contributed by atoms with Gasteiger partial charge in [-0.25, -0.2) is 0 Å². The van der Waals surface area contributed by atoms with Gasteiger partial charge in [-0.3, -0.25) is 14.8 Å². The van der Waals surface area contributed by atoms with E-state index in [9.17, 15) is 0 Å². The van der Waals surface area contributed by atoms with Gasteiger partial charge < -0.3 is 15.0 Å². The van der Waals surface area contributed by atoms with Crippen LogP contribution in [0, 0.1) is 0 Å². The Kier molecular flexibility index (Phi) is 6.83. The minimum atomic E-state index is 0.415. The van der Waals surface area contributed by atoms with Gasteiger partial charge in [0, 0.05) is 45.8 Å². The molecule has 6 heteroatoms. The molecule has 3 heterocycles. The monoisotopic (exact) mass is 385 g/mol. The predicted octanol–water partition coefficient (Wildman–Crippen LogP) is 1.81. The standard InChI is InChI=1S/C22H35N5O/c1-23-22(27-12-9-20(18-27)25-13-15-28-16-14-25)24-17-21(26-10-5-6-11-26)19-7-3-2-4-8-19/h2-4,7-8,20-21H,5-6,9-18H2,1H3,(H,23,24). The molecule has 4 rings (SSSR count). The van der Waals surface area contributed by atoms with Gasteiger partial charge in [0.2, 0.25) is 0 Å². The molecule has 28 heavy (non-hydrogen) atoms. The normalized spacial score (nSPS) is 26.0. The number of likely N-dealkylation sites (tertiary alicyclic amines) is 2. The molecule has 2 atom stereocenters. The first-order valence-electron chi connectivity index (χ1n) is 10.9. The molecule has 0 radical (unpaired) electrons. The van der Waals surface area contributed by atoms with Crippen molar-refractivity contribution in [1.82, 2.24) is 20.0 Å². The summed E-state index contributed by atoms with van der Waals surface area (Å²) in [5.74, 6) is 1.05. The van der Waals surface area contributed by atoms with Crippen molar-refractivity contribution in [1.29, 1.82) is 0 Å². The van der Waals surface area contributed by atoms with Crippen LogP contribution in [0.4, 0.5) is 0 Å². The summed E-state index contributed by atoms with van der Waals surface area (Å²) < 4.78 is 5.51. The minimum Gasteiger partial charge on any atom is -0.379 e. The van der Waals surface area contributed by atoms with Gasteiger partial charge in [-0.05, 0) is 37.9 Å². The average Bonchev–Trinajstić information content (AvgIpc) is 3.45. The fourth-order valence-electron chi connectivity index (χ4n) is 4.88. The zero-order valence-corrected chi connectivity index (χ0v) is 17.2. The topological polar surface area (TPSA) is 43.3 Å². The first-order chi connectivity index (χ1) is 13.8. The van der Waals surface area contributed by atoms with Crippen LogP contribution in [-0.4, -0.2) is 92.8 Å². The van der Waals surface area contributed by atoms with Gasteiger partial charge in [0.25, 0.3) is 0 Å². The van der Waals surface area contributed by atoms with E-state index < -0.39 is 0 Å². The highest BCUT2D eigenvalue weighted by molar-refractivity contribution is 5.80. The number of morpholine rings is 1. The molecule has 1 aromatic rings. The summed E-state index contributed by atoms with van der Waals surface area (Å²) in [5.41, 5.74) is 1.40. The number of hydrogen-bond acceptors (Lipinski definition) is 4. The molecule has 0 saturated carbocycles. The van der Waals surface area contributed by atoms with E-state index in [-0.39, 0.29) is 0 Å². The lowest BCUT2D eigenvalue weighted by atomic mass is 10.1. The van der Waals surface area contributed by atoms with Crippen LogP contribution in [0.5, 0.6) is 0 Å². The Hall–Kier alpha value is -1.63. The zero-order valence-electron chi connectivity index (χ0n) is 17.2. The number of guanidine groups is 1. The summed E-state index contributed by atoms with van der Waals surface area (Å²) in [6.45, 7) is 9.34. The minimum absolute atomic E-state index is 0.415. The Labute approximate surface area is 169 Å². The molecule has 0 amide bonds. The van der Waals surface area contributed by atoms with Crippen LogP contribution in [-0.2, 0) is 4.74 Å². The van der Waals surface area contributed by atoms with Crippen molar-refractivity contribution < 1.29 is 4.74 Å². The second-order valence-electron chi connectivity index (χ2n) is 8.13. The summed E-state index contributed by atoms with van der Waals surface area (Å²) >= 11 is 0. The van der Waals surface area contributed by atoms with Crippen LogP contribution in [0.2, 0.25) is 0 Å². The van der Waals surface area contributed by atoms with Crippen molar-refractivity contribution in [2.75, 3.05) is 66.1 Å². The zero-order chi connectivity index (χ0) is 19.2. The Morgan fingerprint density at radius 1 is 1.11 bits per heavy atom. The SMILES string of the molecule is CN=C(NCC(c1ccccc1)N1CCCC1)N1CCC(N2CCOCC2)C1. The molecule has 0 aromatic heterocycles. The molecular weight excluding hydrogens is 350 g/mol. The highest BCUT2D eigenvalue weighted by atomic mass is 16.5. The van der Waals surface area contributed by atoms with E-state index >= 15 is 0 Å². The Morgan fingerprint density at radius 3 is 2.57 bits per heavy atom. The Morgan fingerprint density at radius 2 is 1.86 bits per heavy atom. The van der Waals surface area contributed by atoms with Gasteiger partial charge in [-0.2, -0.15) is 0 Å². The molecule has 3 aliphatic rings. The first-order valence-corrected chi connectivity index (χ1v) is 10.9. The third kappa shape index (κ3) is 4.67. The molecule has 0 spiro atoms. The van der Waals surface area contributed by atoms with Crippen LogP contribution in [0.1, 0.15) is 30.9 Å². The highest BCUT2D eigenvalue weighted by Gasteiger charge is 2.31. The molecular formula is C22H35N5O. The van der Waals surface area contributed by atoms with Crippen LogP contribution in [0.15, 0.2) is 35.3 Å². The molecule has 2 unspecified atom stereocenters. The van der Waals surface area contributed by atoms with E-state index in [0.717, 1.165) is 51.9 Å². The van der Waals surface area contributed by atoms with Crippen molar-refractivity contribution in [2.24, 2.45) is 4.99 Å². The van der Waals surface area contributed by atoms with Crippen molar-refractivity contribution in [3.05, 3.63) is 35.9 Å². The number of hydrogen-bond donors (Lipinski definition) is 1. The summed E-state index contributed by atoms with van der Waals surface area (Å²) in [7, 11) is 1.91. The van der Waals surface area contributed by atoms with E-state index in [1.807, 2.05) is 7.05 Å². The second-order valence-corrected chi connectivity index (χ2v) is 8.13. The first kappa shape index (κ1) is 19.7. The largest absolute Gasteiger partial charge is 0.379 e. The number of nitrogens with one attached hydrogen (secondary N) is 1. The van der Waals surface area contributed by atoms with Gasteiger partial charge in [-0.1, -0.05) is 30.3 Å². The highest BCUT2D eigenvalue weighted by Crippen LogP contribution is 2.25. The average molecular weight is 386 g/mol. The van der Waals surface area contributed by atoms with Crippen LogP contribution in [0.3, 0.4) is 0 Å². The molecule has 0 bridgehead atoms. The molecule has 0 aliphatic carbocycles. The van der Waals surface area contributed by atoms with E-state index in [0.29, 0.717) is 12.1 Å². The number of ether oxygens (including phenoxy) is 1. The molecule has 3 aliphatic heterocycles. The van der Waals surface area contributed by atoms with Crippen molar-refractivity contribution >= 4 is 5.96 Å². The van der Waals surface area contributed by atoms with Gasteiger partial charge in [-0.15, -0.1) is 0 Å². The molecule has 3 saturated heterocycles. The fraction of sp³-hybridized carbons (Fsp3) is 0.682. The van der Waals surface area contributed by atoms with Gasteiger partial charge in [0.05, 0.1) is 19.3 Å². The molecule has 3 fully saturated rings. The van der Waals surface area contributed by atoms with E-state index in [2.05, 4.69) is 55.3 Å². The van der Waals surface area contributed by atoms with E-state index in [1.165, 1.54) is 37.9 Å². The molecule has 1 N–H and O–H groups in total. The third-order valence-corrected chi connectivity index (χ3v) is 6.46. The predicted molar refractivity (Wildman–Crippen MR) is 114 cm³/mol.